The molecule has 1 saturated heterocycles. The second kappa shape index (κ2) is 5.12. The van der Waals surface area contributed by atoms with Crippen molar-refractivity contribution < 1.29 is 13.2 Å². The lowest BCUT2D eigenvalue weighted by molar-refractivity contribution is -0.159. The third-order valence-corrected chi connectivity index (χ3v) is 2.91. The van der Waals surface area contributed by atoms with Crippen LogP contribution in [0.5, 0.6) is 0 Å². The first kappa shape index (κ1) is 12.7. The van der Waals surface area contributed by atoms with Crippen LogP contribution in [0.2, 0.25) is 0 Å². The molecule has 88 valence electrons. The van der Waals surface area contributed by atoms with Crippen LogP contribution in [0.15, 0.2) is 0 Å². The van der Waals surface area contributed by atoms with Crippen molar-refractivity contribution in [3.05, 3.63) is 0 Å². The fourth-order valence-corrected chi connectivity index (χ4v) is 1.96. The Morgan fingerprint density at radius 1 is 1.27 bits per heavy atom. The van der Waals surface area contributed by atoms with Crippen molar-refractivity contribution in [3.63, 3.8) is 0 Å². The number of likely N-dealkylation sites (tertiary alicyclic amines) is 1. The molecule has 0 aliphatic carbocycles. The van der Waals surface area contributed by atoms with Gasteiger partial charge in [0, 0.05) is 6.54 Å². The Morgan fingerprint density at radius 3 is 2.20 bits per heavy atom. The van der Waals surface area contributed by atoms with Crippen molar-refractivity contribution in [2.45, 2.75) is 25.4 Å². The minimum atomic E-state index is -4.32. The lowest BCUT2D eigenvalue weighted by Gasteiger charge is -2.30. The van der Waals surface area contributed by atoms with E-state index in [9.17, 15) is 13.2 Å². The topological polar surface area (TPSA) is 29.3 Å². The number of piperidine rings is 1. The molecule has 1 atom stereocenters. The molecular formula is C9H15F3N2S. The molecule has 1 rings (SSSR count). The molecule has 1 unspecified atom stereocenters. The second-order valence-electron chi connectivity index (χ2n) is 3.86. The van der Waals surface area contributed by atoms with Gasteiger partial charge in [-0.1, -0.05) is 18.6 Å². The predicted molar refractivity (Wildman–Crippen MR) is 56.6 cm³/mol. The largest absolute Gasteiger partial charge is 0.399 e. The highest BCUT2D eigenvalue weighted by molar-refractivity contribution is 7.80. The van der Waals surface area contributed by atoms with E-state index in [4.69, 9.17) is 5.73 Å². The molecule has 6 heteroatoms. The van der Waals surface area contributed by atoms with Gasteiger partial charge in [0.25, 0.3) is 0 Å². The Bertz CT molecular complexity index is 224. The average molecular weight is 240 g/mol. The number of rotatable bonds is 3. The Morgan fingerprint density at radius 2 is 1.80 bits per heavy atom. The van der Waals surface area contributed by atoms with Gasteiger partial charge in [-0.15, -0.1) is 0 Å². The molecule has 0 spiro atoms. The van der Waals surface area contributed by atoms with Crippen molar-refractivity contribution in [2.75, 3.05) is 19.6 Å². The third kappa shape index (κ3) is 3.95. The van der Waals surface area contributed by atoms with E-state index in [-0.39, 0.29) is 6.54 Å². The van der Waals surface area contributed by atoms with Crippen LogP contribution in [0.3, 0.4) is 0 Å². The Hall–Kier alpha value is -0.360. The van der Waals surface area contributed by atoms with Crippen molar-refractivity contribution in [1.29, 1.82) is 0 Å². The van der Waals surface area contributed by atoms with E-state index in [1.54, 1.807) is 4.90 Å². The van der Waals surface area contributed by atoms with Gasteiger partial charge in [0.2, 0.25) is 0 Å². The summed E-state index contributed by atoms with van der Waals surface area (Å²) in [5.74, 6) is -1.66. The van der Waals surface area contributed by atoms with E-state index < -0.39 is 17.1 Å². The molecule has 0 aromatic heterocycles. The van der Waals surface area contributed by atoms with Gasteiger partial charge in [-0.2, -0.15) is 13.2 Å². The second-order valence-corrected chi connectivity index (χ2v) is 4.33. The predicted octanol–water partition coefficient (Wildman–Crippen LogP) is 1.94. The average Bonchev–Trinajstić information content (AvgIpc) is 2.13. The van der Waals surface area contributed by atoms with Crippen molar-refractivity contribution >= 4 is 17.2 Å². The molecule has 1 aliphatic heterocycles. The van der Waals surface area contributed by atoms with Crippen LogP contribution in [-0.2, 0) is 0 Å². The number of halogens is 3. The summed E-state index contributed by atoms with van der Waals surface area (Å²) in [6.45, 7) is 1.35. The van der Waals surface area contributed by atoms with E-state index in [2.05, 4.69) is 12.2 Å². The minimum Gasteiger partial charge on any atom is -0.393 e. The lowest BCUT2D eigenvalue weighted by atomic mass is 10.1. The summed E-state index contributed by atoms with van der Waals surface area (Å²) in [7, 11) is 0. The maximum atomic E-state index is 12.5. The Labute approximate surface area is 92.6 Å². The van der Waals surface area contributed by atoms with Crippen LogP contribution in [0.1, 0.15) is 19.3 Å². The number of hydrogen-bond acceptors (Lipinski definition) is 2. The summed E-state index contributed by atoms with van der Waals surface area (Å²) in [4.78, 5) is 1.34. The number of hydrogen-bond donors (Lipinski definition) is 1. The number of nitrogens with two attached hydrogens (primary N) is 1. The molecule has 0 saturated carbocycles. The number of thiocarbonyl (C=S) groups is 1. The van der Waals surface area contributed by atoms with Crippen LogP contribution >= 0.6 is 12.2 Å². The van der Waals surface area contributed by atoms with Gasteiger partial charge in [0.1, 0.15) is 5.92 Å². The maximum Gasteiger partial charge on any atom is 0.399 e. The minimum absolute atomic E-state index is 0.0845. The zero-order valence-electron chi connectivity index (χ0n) is 8.39. The molecule has 0 aromatic rings. The van der Waals surface area contributed by atoms with E-state index in [1.165, 1.54) is 0 Å². The van der Waals surface area contributed by atoms with E-state index in [0.717, 1.165) is 32.4 Å². The highest BCUT2D eigenvalue weighted by Gasteiger charge is 2.42. The molecule has 1 aliphatic rings. The first-order chi connectivity index (χ1) is 6.91. The van der Waals surface area contributed by atoms with Crippen LogP contribution in [0.4, 0.5) is 13.2 Å². The molecule has 0 aromatic carbocycles. The van der Waals surface area contributed by atoms with Gasteiger partial charge in [-0.05, 0) is 25.9 Å². The van der Waals surface area contributed by atoms with E-state index >= 15 is 0 Å². The highest BCUT2D eigenvalue weighted by atomic mass is 32.1. The lowest BCUT2D eigenvalue weighted by Crippen LogP contribution is -2.44. The summed E-state index contributed by atoms with van der Waals surface area (Å²) in [6, 6.07) is 0. The molecule has 0 bridgehead atoms. The van der Waals surface area contributed by atoms with Crippen LogP contribution in [-0.4, -0.2) is 35.7 Å². The summed E-state index contributed by atoms with van der Waals surface area (Å²) in [6.07, 6.45) is -1.30. The standard InChI is InChI=1S/C9H15F3N2S/c10-9(11,12)7(8(13)15)6-14-4-2-1-3-5-14/h7H,1-6H2,(H2,13,15). The van der Waals surface area contributed by atoms with Crippen molar-refractivity contribution in [3.8, 4) is 0 Å². The molecule has 1 fully saturated rings. The summed E-state index contributed by atoms with van der Waals surface area (Å²) in [5, 5.41) is 0. The molecule has 0 radical (unpaired) electrons. The van der Waals surface area contributed by atoms with Gasteiger partial charge in [0.05, 0.1) is 4.99 Å². The molecule has 2 nitrogen and oxygen atoms in total. The monoisotopic (exact) mass is 240 g/mol. The van der Waals surface area contributed by atoms with Crippen LogP contribution in [0, 0.1) is 5.92 Å². The van der Waals surface area contributed by atoms with Crippen LogP contribution in [0.25, 0.3) is 0 Å². The fourth-order valence-electron chi connectivity index (χ4n) is 1.75. The van der Waals surface area contributed by atoms with Crippen molar-refractivity contribution in [2.24, 2.45) is 11.7 Å². The van der Waals surface area contributed by atoms with E-state index in [0.29, 0.717) is 0 Å². The zero-order chi connectivity index (χ0) is 11.5. The number of alkyl halides is 3. The molecule has 0 amide bonds. The highest BCUT2D eigenvalue weighted by Crippen LogP contribution is 2.28. The van der Waals surface area contributed by atoms with Gasteiger partial charge in [-0.3, -0.25) is 0 Å². The normalized spacial score (nSPS) is 21.3. The van der Waals surface area contributed by atoms with E-state index in [1.807, 2.05) is 0 Å². The summed E-state index contributed by atoms with van der Waals surface area (Å²) < 4.78 is 37.6. The van der Waals surface area contributed by atoms with Gasteiger partial charge in [-0.25, -0.2) is 0 Å². The molecule has 2 N–H and O–H groups in total. The molecule has 1 heterocycles. The SMILES string of the molecule is NC(=S)C(CN1CCCCC1)C(F)(F)F. The fraction of sp³-hybridized carbons (Fsp3) is 0.889. The Balaban J connectivity index is 2.54. The smallest absolute Gasteiger partial charge is 0.393 e. The quantitative estimate of drug-likeness (QED) is 0.764. The first-order valence-corrected chi connectivity index (χ1v) is 5.40. The van der Waals surface area contributed by atoms with Gasteiger partial charge in [0.15, 0.2) is 0 Å². The summed E-state index contributed by atoms with van der Waals surface area (Å²) in [5.41, 5.74) is 5.12. The number of nitrogens with zero attached hydrogens (tertiary/aromatic N) is 1. The van der Waals surface area contributed by atoms with Gasteiger partial charge < -0.3 is 10.6 Å². The maximum absolute atomic E-state index is 12.5. The van der Waals surface area contributed by atoms with Crippen molar-refractivity contribution in [1.82, 2.24) is 4.90 Å². The molecular weight excluding hydrogens is 225 g/mol. The molecule has 15 heavy (non-hydrogen) atoms. The zero-order valence-corrected chi connectivity index (χ0v) is 9.20. The Kier molecular flexibility index (Phi) is 4.33. The third-order valence-electron chi connectivity index (χ3n) is 2.63. The first-order valence-electron chi connectivity index (χ1n) is 4.99. The van der Waals surface area contributed by atoms with Crippen LogP contribution < -0.4 is 5.73 Å². The summed E-state index contributed by atoms with van der Waals surface area (Å²) >= 11 is 4.46. The van der Waals surface area contributed by atoms with Gasteiger partial charge >= 0.3 is 6.18 Å².